The van der Waals surface area contributed by atoms with E-state index in [0.717, 1.165) is 35.3 Å². The lowest BCUT2D eigenvalue weighted by Crippen LogP contribution is -2.03. The number of esters is 2. The van der Waals surface area contributed by atoms with Crippen molar-refractivity contribution in [3.8, 4) is 22.6 Å². The van der Waals surface area contributed by atoms with Crippen LogP contribution in [-0.2, 0) is 14.3 Å². The second kappa shape index (κ2) is 9.34. The molecule has 0 fully saturated rings. The van der Waals surface area contributed by atoms with Gasteiger partial charge in [0.15, 0.2) is 0 Å². The van der Waals surface area contributed by atoms with Crippen molar-refractivity contribution in [2.24, 2.45) is 0 Å². The van der Waals surface area contributed by atoms with E-state index in [-0.39, 0.29) is 5.75 Å². The summed E-state index contributed by atoms with van der Waals surface area (Å²) in [6, 6.07) is 15.0. The first kappa shape index (κ1) is 20.5. The van der Waals surface area contributed by atoms with Crippen molar-refractivity contribution >= 4 is 22.7 Å². The molecule has 0 N–H and O–H groups in total. The van der Waals surface area contributed by atoms with Crippen molar-refractivity contribution in [2.75, 3.05) is 0 Å². The molecule has 3 aromatic carbocycles. The highest BCUT2D eigenvalue weighted by Crippen LogP contribution is 2.30. The molecule has 30 heavy (non-hydrogen) atoms. The van der Waals surface area contributed by atoms with E-state index in [1.54, 1.807) is 24.3 Å². The van der Waals surface area contributed by atoms with Gasteiger partial charge in [0.25, 0.3) is 0 Å². The lowest BCUT2D eigenvalue weighted by atomic mass is 10.0. The molecular weight excluding hydrogens is 387 g/mol. The first-order chi connectivity index (χ1) is 14.5. The van der Waals surface area contributed by atoms with Crippen molar-refractivity contribution in [1.82, 2.24) is 0 Å². The topological polar surface area (TPSA) is 61.8 Å². The van der Waals surface area contributed by atoms with Crippen molar-refractivity contribution < 1.29 is 28.2 Å². The minimum atomic E-state index is -0.653. The number of ether oxygens (including phenoxy) is 3. The third-order valence-electron chi connectivity index (χ3n) is 4.06. The average molecular weight is 404 g/mol. The van der Waals surface area contributed by atoms with Crippen LogP contribution in [0, 0.1) is 5.82 Å². The zero-order chi connectivity index (χ0) is 21.5. The lowest BCUT2D eigenvalue weighted by Gasteiger charge is -2.08. The quantitative estimate of drug-likeness (QED) is 0.231. The van der Waals surface area contributed by atoms with Crippen molar-refractivity contribution in [1.29, 1.82) is 0 Å². The van der Waals surface area contributed by atoms with Crippen molar-refractivity contribution in [2.45, 2.75) is 0 Å². The first-order valence-electron chi connectivity index (χ1n) is 8.83. The summed E-state index contributed by atoms with van der Waals surface area (Å²) in [5, 5.41) is 1.76. The summed E-state index contributed by atoms with van der Waals surface area (Å²) < 4.78 is 29.5. The van der Waals surface area contributed by atoms with Crippen LogP contribution >= 0.6 is 0 Å². The average Bonchev–Trinajstić information content (AvgIpc) is 2.76. The van der Waals surface area contributed by atoms with Crippen LogP contribution in [0.5, 0.6) is 11.5 Å². The molecule has 0 heterocycles. The zero-order valence-corrected chi connectivity index (χ0v) is 15.8. The van der Waals surface area contributed by atoms with E-state index in [4.69, 9.17) is 9.47 Å². The minimum Gasteiger partial charge on any atom is -0.462 e. The van der Waals surface area contributed by atoms with Crippen LogP contribution in [0.2, 0.25) is 0 Å². The van der Waals surface area contributed by atoms with E-state index < -0.39 is 17.8 Å². The van der Waals surface area contributed by atoms with Crippen LogP contribution < -0.4 is 9.47 Å². The molecule has 0 aliphatic rings. The molecule has 0 bridgehead atoms. The van der Waals surface area contributed by atoms with Gasteiger partial charge in [-0.05, 0) is 46.7 Å². The van der Waals surface area contributed by atoms with Crippen molar-refractivity contribution in [3.05, 3.63) is 98.2 Å². The van der Waals surface area contributed by atoms with Gasteiger partial charge in [0.1, 0.15) is 29.8 Å². The molecule has 0 spiro atoms. The second-order valence-electron chi connectivity index (χ2n) is 6.02. The molecule has 0 unspecified atom stereocenters. The van der Waals surface area contributed by atoms with Gasteiger partial charge in [0.2, 0.25) is 0 Å². The molecule has 6 heteroatoms. The SMILES string of the molecule is C=CC(=O)O/C=C\Oc1ccc2cc(-c3ccc(OC(=O)C=C)cc3F)ccc2c1. The molecule has 0 radical (unpaired) electrons. The van der Waals surface area contributed by atoms with Crippen LogP contribution in [0.25, 0.3) is 21.9 Å². The van der Waals surface area contributed by atoms with Crippen LogP contribution in [0.4, 0.5) is 4.39 Å². The number of hydrogen-bond donors (Lipinski definition) is 0. The Balaban J connectivity index is 1.79. The normalized spacial score (nSPS) is 10.6. The van der Waals surface area contributed by atoms with E-state index in [2.05, 4.69) is 17.9 Å². The Morgan fingerprint density at radius 3 is 2.23 bits per heavy atom. The molecule has 0 aliphatic carbocycles. The molecule has 3 aromatic rings. The van der Waals surface area contributed by atoms with E-state index in [1.807, 2.05) is 18.2 Å². The Hall–Kier alpha value is -4.19. The number of benzene rings is 3. The van der Waals surface area contributed by atoms with Crippen LogP contribution in [-0.4, -0.2) is 11.9 Å². The summed E-state index contributed by atoms with van der Waals surface area (Å²) in [5.74, 6) is -1.10. The molecule has 0 saturated heterocycles. The van der Waals surface area contributed by atoms with E-state index in [1.165, 1.54) is 12.3 Å². The Bertz CT molecular complexity index is 1160. The molecule has 0 atom stereocenters. The van der Waals surface area contributed by atoms with Crippen LogP contribution in [0.3, 0.4) is 0 Å². The van der Waals surface area contributed by atoms with Gasteiger partial charge < -0.3 is 14.2 Å². The smallest absolute Gasteiger partial charge is 0.335 e. The van der Waals surface area contributed by atoms with Crippen LogP contribution in [0.15, 0.2) is 92.4 Å². The predicted molar refractivity (Wildman–Crippen MR) is 111 cm³/mol. The first-order valence-corrected chi connectivity index (χ1v) is 8.83. The predicted octanol–water partition coefficient (Wildman–Crippen LogP) is 5.32. The van der Waals surface area contributed by atoms with Gasteiger partial charge >= 0.3 is 11.9 Å². The van der Waals surface area contributed by atoms with Gasteiger partial charge in [0.05, 0.1) is 0 Å². The number of carbonyl (C=O) groups is 2. The second-order valence-corrected chi connectivity index (χ2v) is 6.02. The molecular formula is C24H17FO5. The minimum absolute atomic E-state index is 0.107. The zero-order valence-electron chi connectivity index (χ0n) is 15.8. The summed E-state index contributed by atoms with van der Waals surface area (Å²) >= 11 is 0. The van der Waals surface area contributed by atoms with E-state index in [9.17, 15) is 14.0 Å². The van der Waals surface area contributed by atoms with Gasteiger partial charge in [-0.2, -0.15) is 0 Å². The molecule has 0 aromatic heterocycles. The Kier molecular flexibility index (Phi) is 6.39. The van der Waals surface area contributed by atoms with Gasteiger partial charge in [-0.15, -0.1) is 0 Å². The van der Waals surface area contributed by atoms with Gasteiger partial charge in [-0.3, -0.25) is 0 Å². The lowest BCUT2D eigenvalue weighted by molar-refractivity contribution is -0.132. The monoisotopic (exact) mass is 404 g/mol. The highest BCUT2D eigenvalue weighted by atomic mass is 19.1. The number of fused-ring (bicyclic) bond motifs is 1. The summed E-state index contributed by atoms with van der Waals surface area (Å²) in [5.41, 5.74) is 1.05. The van der Waals surface area contributed by atoms with Crippen molar-refractivity contribution in [3.63, 3.8) is 0 Å². The summed E-state index contributed by atoms with van der Waals surface area (Å²) in [4.78, 5) is 22.2. The third kappa shape index (κ3) is 4.99. The van der Waals surface area contributed by atoms with Crippen LogP contribution in [0.1, 0.15) is 0 Å². The standard InChI is InChI=1S/C24H17FO5/c1-3-23(26)29-12-11-28-19-8-7-16-13-18(6-5-17(16)14-19)21-10-9-20(15-22(21)25)30-24(27)4-2/h3-15H,1-2H2/b12-11-. The number of halogens is 1. The summed E-state index contributed by atoms with van der Waals surface area (Å²) in [7, 11) is 0. The Morgan fingerprint density at radius 2 is 1.50 bits per heavy atom. The van der Waals surface area contributed by atoms with E-state index >= 15 is 0 Å². The highest BCUT2D eigenvalue weighted by Gasteiger charge is 2.09. The summed E-state index contributed by atoms with van der Waals surface area (Å²) in [6.45, 7) is 6.60. The number of hydrogen-bond acceptors (Lipinski definition) is 5. The van der Waals surface area contributed by atoms with E-state index in [0.29, 0.717) is 16.9 Å². The van der Waals surface area contributed by atoms with Gasteiger partial charge in [0, 0.05) is 23.8 Å². The number of rotatable bonds is 7. The van der Waals surface area contributed by atoms with Gasteiger partial charge in [-0.25, -0.2) is 14.0 Å². The molecule has 0 saturated carbocycles. The fourth-order valence-electron chi connectivity index (χ4n) is 2.67. The maximum Gasteiger partial charge on any atom is 0.335 e. The highest BCUT2D eigenvalue weighted by molar-refractivity contribution is 5.88. The summed E-state index contributed by atoms with van der Waals surface area (Å²) in [6.07, 6.45) is 4.42. The molecule has 3 rings (SSSR count). The Labute approximate surface area is 172 Å². The molecule has 5 nitrogen and oxygen atoms in total. The molecule has 0 aliphatic heterocycles. The van der Waals surface area contributed by atoms with Gasteiger partial charge in [-0.1, -0.05) is 31.4 Å². The Morgan fingerprint density at radius 1 is 0.800 bits per heavy atom. The fourth-order valence-corrected chi connectivity index (χ4v) is 2.67. The maximum absolute atomic E-state index is 14.5. The fraction of sp³-hybridized carbons (Fsp3) is 0. The number of carbonyl (C=O) groups excluding carboxylic acids is 2. The largest absolute Gasteiger partial charge is 0.462 e. The molecule has 150 valence electrons. The third-order valence-corrected chi connectivity index (χ3v) is 4.06. The maximum atomic E-state index is 14.5. The molecule has 0 amide bonds.